The van der Waals surface area contributed by atoms with E-state index in [0.29, 0.717) is 36.5 Å². The number of esters is 4. The molecule has 6 aliphatic carbocycles. The van der Waals surface area contributed by atoms with Crippen molar-refractivity contribution in [1.82, 2.24) is 0 Å². The number of rotatable bonds is 10. The highest BCUT2D eigenvalue weighted by Gasteiger charge is 2.71. The first-order chi connectivity index (χ1) is 19.2. The maximum atomic E-state index is 13.8. The van der Waals surface area contributed by atoms with Crippen molar-refractivity contribution >= 4 is 34.0 Å². The second-order valence-electron chi connectivity index (χ2n) is 12.8. The fraction of sp³-hybridized carbons (Fsp3) is 0.852. The minimum Gasteiger partial charge on any atom is -0.743 e. The van der Waals surface area contributed by atoms with Gasteiger partial charge in [-0.3, -0.25) is 19.2 Å². The fourth-order valence-electron chi connectivity index (χ4n) is 9.25. The Balaban J connectivity index is 1.09. The highest BCUT2D eigenvalue weighted by Crippen LogP contribution is 2.63. The van der Waals surface area contributed by atoms with Crippen molar-refractivity contribution in [3.05, 3.63) is 0 Å². The van der Waals surface area contributed by atoms with Crippen LogP contribution < -0.4 is 0 Å². The van der Waals surface area contributed by atoms with Gasteiger partial charge >= 0.3 is 29.1 Å². The van der Waals surface area contributed by atoms with Gasteiger partial charge in [0.15, 0.2) is 16.7 Å². The number of hydrogen-bond acceptors (Lipinski definition) is 11. The molecule has 0 aromatic carbocycles. The third-order valence-corrected chi connectivity index (χ3v) is 11.6. The zero-order valence-corrected chi connectivity index (χ0v) is 23.3. The van der Waals surface area contributed by atoms with E-state index in [0.717, 1.165) is 25.7 Å². The Morgan fingerprint density at radius 1 is 1.00 bits per heavy atom. The molecule has 0 aromatic rings. The molecule has 0 aromatic heterocycles. The summed E-state index contributed by atoms with van der Waals surface area (Å²) in [6, 6.07) is 0. The first-order valence-corrected chi connectivity index (χ1v) is 15.8. The van der Waals surface area contributed by atoms with Crippen LogP contribution in [0.25, 0.3) is 0 Å². The number of carbonyl (C=O) groups is 4. The highest BCUT2D eigenvalue weighted by molar-refractivity contribution is 7.86. The smallest absolute Gasteiger partial charge is 0.367 e. The number of fused-ring (bicyclic) bond motifs is 1. The van der Waals surface area contributed by atoms with E-state index in [2.05, 4.69) is 4.74 Å². The highest BCUT2D eigenvalue weighted by atomic mass is 32.2. The summed E-state index contributed by atoms with van der Waals surface area (Å²) in [4.78, 5) is 51.0. The van der Waals surface area contributed by atoms with E-state index in [1.165, 1.54) is 6.42 Å². The van der Waals surface area contributed by atoms with Crippen LogP contribution in [0.5, 0.6) is 0 Å². The Morgan fingerprint density at radius 2 is 1.61 bits per heavy atom. The van der Waals surface area contributed by atoms with Crippen LogP contribution in [0.4, 0.5) is 8.78 Å². The molecule has 1 heterocycles. The van der Waals surface area contributed by atoms with Gasteiger partial charge in [0.1, 0.15) is 17.8 Å². The summed E-state index contributed by atoms with van der Waals surface area (Å²) in [6.07, 6.45) is 3.64. The Bertz CT molecular complexity index is 1220. The Kier molecular flexibility index (Phi) is 6.91. The van der Waals surface area contributed by atoms with Crippen LogP contribution in [-0.4, -0.2) is 66.5 Å². The van der Waals surface area contributed by atoms with E-state index in [4.69, 9.17) is 14.2 Å². The minimum atomic E-state index is -6.02. The van der Waals surface area contributed by atoms with E-state index in [9.17, 15) is 40.9 Å². The summed E-state index contributed by atoms with van der Waals surface area (Å²) in [5.41, 5.74) is -0.553. The largest absolute Gasteiger partial charge is 0.743 e. The monoisotopic (exact) mass is 603 g/mol. The maximum absolute atomic E-state index is 13.8. The van der Waals surface area contributed by atoms with Gasteiger partial charge in [-0.05, 0) is 68.6 Å². The van der Waals surface area contributed by atoms with Crippen LogP contribution >= 0.6 is 0 Å². The molecule has 6 unspecified atom stereocenters. The number of carbonyl (C=O) groups excluding carboxylic acids is 4. The molecule has 228 valence electrons. The average molecular weight is 604 g/mol. The maximum Gasteiger partial charge on any atom is 0.367 e. The van der Waals surface area contributed by atoms with Gasteiger partial charge in [0.25, 0.3) is 0 Å². The Morgan fingerprint density at radius 3 is 2.20 bits per heavy atom. The third kappa shape index (κ3) is 4.63. The summed E-state index contributed by atoms with van der Waals surface area (Å²) in [7, 11) is -6.02. The molecule has 0 spiro atoms. The molecule has 7 fully saturated rings. The molecule has 6 atom stereocenters. The summed E-state index contributed by atoms with van der Waals surface area (Å²) in [5.74, 6) is -3.51. The molecule has 6 bridgehead atoms. The molecule has 0 N–H and O–H groups in total. The lowest BCUT2D eigenvalue weighted by molar-refractivity contribution is -0.218. The van der Waals surface area contributed by atoms with Crippen LogP contribution in [0.3, 0.4) is 0 Å². The molecule has 1 saturated heterocycles. The fourth-order valence-corrected chi connectivity index (χ4v) is 9.45. The zero-order chi connectivity index (χ0) is 29.5. The van der Waals surface area contributed by atoms with Crippen molar-refractivity contribution in [3.8, 4) is 0 Å². The molecule has 7 aliphatic rings. The zero-order valence-electron chi connectivity index (χ0n) is 22.5. The van der Waals surface area contributed by atoms with Gasteiger partial charge in [-0.2, -0.15) is 8.78 Å². The van der Waals surface area contributed by atoms with Crippen molar-refractivity contribution in [3.63, 3.8) is 0 Å². The number of halogens is 2. The molecule has 7 rings (SSSR count). The number of alkyl halides is 2. The van der Waals surface area contributed by atoms with Crippen molar-refractivity contribution in [1.29, 1.82) is 0 Å². The third-order valence-electron chi connectivity index (χ3n) is 10.7. The van der Waals surface area contributed by atoms with Crippen LogP contribution in [0.2, 0.25) is 0 Å². The standard InChI is InChI=1S/C27H34F2O11S/c1-2-26(14-6-12-5-13(8-14)9-15(26)7-12)40-25(33)21-17-10-16-20(21)24(32)39-23(16)22(17)38-19(31)4-3-18(30)37-11-27(28,29)41(34,35)36/h12-17,20-23H,2-11H2,1H3,(H,34,35,36)/p-1. The van der Waals surface area contributed by atoms with E-state index in [1.54, 1.807) is 0 Å². The normalized spacial score (nSPS) is 41.8. The van der Waals surface area contributed by atoms with Gasteiger partial charge in [-0.25, -0.2) is 8.42 Å². The Labute approximate surface area is 235 Å². The molecule has 1 aliphatic heterocycles. The predicted molar refractivity (Wildman–Crippen MR) is 129 cm³/mol. The minimum absolute atomic E-state index is 0.302. The van der Waals surface area contributed by atoms with Gasteiger partial charge in [-0.1, -0.05) is 6.92 Å². The van der Waals surface area contributed by atoms with Crippen LogP contribution in [0.15, 0.2) is 0 Å². The Hall–Kier alpha value is -2.35. The summed E-state index contributed by atoms with van der Waals surface area (Å²) in [5, 5.41) is -4.80. The van der Waals surface area contributed by atoms with Gasteiger partial charge in [0.2, 0.25) is 0 Å². The number of hydrogen-bond donors (Lipinski definition) is 0. The van der Waals surface area contributed by atoms with E-state index in [-0.39, 0.29) is 5.92 Å². The molecular formula is C27H33F2O11S-. The molecule has 0 radical (unpaired) electrons. The molecule has 0 amide bonds. The van der Waals surface area contributed by atoms with E-state index < -0.39 is 94.3 Å². The van der Waals surface area contributed by atoms with E-state index in [1.807, 2.05) is 6.92 Å². The second-order valence-corrected chi connectivity index (χ2v) is 14.3. The van der Waals surface area contributed by atoms with Crippen LogP contribution in [0, 0.1) is 47.3 Å². The lowest BCUT2D eigenvalue weighted by Crippen LogP contribution is -2.60. The average Bonchev–Trinajstić information content (AvgIpc) is 3.51. The van der Waals surface area contributed by atoms with Crippen LogP contribution in [0.1, 0.15) is 64.7 Å². The summed E-state index contributed by atoms with van der Waals surface area (Å²) >= 11 is 0. The van der Waals surface area contributed by atoms with Crippen LogP contribution in [-0.2, 0) is 48.2 Å². The van der Waals surface area contributed by atoms with Crippen molar-refractivity contribution < 1.29 is 59.9 Å². The molecular weight excluding hydrogens is 570 g/mol. The predicted octanol–water partition coefficient (Wildman–Crippen LogP) is 2.32. The van der Waals surface area contributed by atoms with Gasteiger partial charge < -0.3 is 23.5 Å². The van der Waals surface area contributed by atoms with Gasteiger partial charge in [0, 0.05) is 11.8 Å². The quantitative estimate of drug-likeness (QED) is 0.205. The summed E-state index contributed by atoms with van der Waals surface area (Å²) in [6.45, 7) is 0.0805. The topological polar surface area (TPSA) is 162 Å². The van der Waals surface area contributed by atoms with Crippen molar-refractivity contribution in [2.45, 2.75) is 87.8 Å². The lowest BCUT2D eigenvalue weighted by atomic mass is 9.49. The summed E-state index contributed by atoms with van der Waals surface area (Å²) < 4.78 is 79.6. The SMILES string of the molecule is CCC1(OC(=O)C2C3CC4C(OC(=O)C42)C3OC(=O)CCC(=O)OCC(F)(F)S(=O)(=O)[O-])C2CC3CC(C2)CC1C3. The lowest BCUT2D eigenvalue weighted by Gasteiger charge is -2.60. The second kappa shape index (κ2) is 9.85. The van der Waals surface area contributed by atoms with E-state index >= 15 is 0 Å². The van der Waals surface area contributed by atoms with Gasteiger partial charge in [0.05, 0.1) is 24.7 Å². The van der Waals surface area contributed by atoms with Crippen molar-refractivity contribution in [2.75, 3.05) is 6.61 Å². The first-order valence-electron chi connectivity index (χ1n) is 14.4. The number of ether oxygens (including phenoxy) is 4. The molecule has 14 heteroatoms. The molecule has 11 nitrogen and oxygen atoms in total. The van der Waals surface area contributed by atoms with Crippen molar-refractivity contribution in [2.24, 2.45) is 47.3 Å². The molecule has 41 heavy (non-hydrogen) atoms. The van der Waals surface area contributed by atoms with Gasteiger partial charge in [-0.15, -0.1) is 0 Å². The molecule has 6 saturated carbocycles. The first kappa shape index (κ1) is 28.8.